The van der Waals surface area contributed by atoms with Crippen LogP contribution < -0.4 is 4.90 Å². The first kappa shape index (κ1) is 15.5. The van der Waals surface area contributed by atoms with E-state index in [1.807, 2.05) is 23.1 Å². The fourth-order valence-electron chi connectivity index (χ4n) is 2.66. The second-order valence-electron chi connectivity index (χ2n) is 5.44. The number of hydrogen-bond acceptors (Lipinski definition) is 7. The van der Waals surface area contributed by atoms with Crippen LogP contribution in [0.1, 0.15) is 6.42 Å². The van der Waals surface area contributed by atoms with Gasteiger partial charge in [0.05, 0.1) is 24.1 Å². The van der Waals surface area contributed by atoms with E-state index in [-0.39, 0.29) is 5.78 Å². The quantitative estimate of drug-likeness (QED) is 0.780. The molecule has 0 amide bonds. The number of rotatable bonds is 2. The van der Waals surface area contributed by atoms with E-state index in [2.05, 4.69) is 25.9 Å². The summed E-state index contributed by atoms with van der Waals surface area (Å²) in [7, 11) is 0. The Bertz CT molecular complexity index is 1000. The van der Waals surface area contributed by atoms with Crippen LogP contribution in [0.2, 0.25) is 0 Å². The van der Waals surface area contributed by atoms with Crippen molar-refractivity contribution in [2.24, 2.45) is 9.98 Å². The fraction of sp³-hybridized carbons (Fsp3) is 0.167. The van der Waals surface area contributed by atoms with Crippen molar-refractivity contribution in [1.29, 1.82) is 0 Å². The lowest BCUT2D eigenvalue weighted by Gasteiger charge is -2.27. The number of Topliss-reactive ketones (excluding diaryl/α,β-unsaturated/α-hetero) is 1. The highest BCUT2D eigenvalue weighted by Crippen LogP contribution is 2.33. The molecule has 0 saturated heterocycles. The average molecular weight is 347 g/mol. The van der Waals surface area contributed by atoms with Crippen molar-refractivity contribution in [2.45, 2.75) is 6.42 Å². The van der Waals surface area contributed by atoms with E-state index in [9.17, 15) is 4.79 Å². The van der Waals surface area contributed by atoms with Crippen molar-refractivity contribution in [3.63, 3.8) is 0 Å². The Hall–Kier alpha value is -2.98. The molecule has 7 heteroatoms. The topological polar surface area (TPSA) is 70.8 Å². The molecule has 25 heavy (non-hydrogen) atoms. The Morgan fingerprint density at radius 3 is 2.92 bits per heavy atom. The van der Waals surface area contributed by atoms with E-state index < -0.39 is 0 Å². The number of carbonyl (C=O) groups excluding carboxylic acids is 1. The number of benzene rings is 1. The van der Waals surface area contributed by atoms with Gasteiger partial charge in [0.25, 0.3) is 0 Å². The van der Waals surface area contributed by atoms with E-state index >= 15 is 0 Å². The number of aliphatic imine (C=N–C) groups is 2. The summed E-state index contributed by atoms with van der Waals surface area (Å²) in [4.78, 5) is 31.4. The van der Waals surface area contributed by atoms with Crippen LogP contribution in [0.5, 0.6) is 0 Å². The summed E-state index contributed by atoms with van der Waals surface area (Å²) >= 11 is 1.37. The Morgan fingerprint density at radius 2 is 2.08 bits per heavy atom. The summed E-state index contributed by atoms with van der Waals surface area (Å²) in [5.74, 6) is 2.75. The number of fused-ring (bicyclic) bond motifs is 1. The standard InChI is InChI=1S/C18H13N5OS/c1-2-9-23(12-3-4-14-15(10-12)20-8-7-19-14)18-22-11-13-16(24)5-6-21-17(13)25-18/h1,3-4,6-8,10H,5,9,11H2. The molecule has 1 aromatic carbocycles. The molecule has 0 unspecified atom stereocenters. The first-order chi connectivity index (χ1) is 12.3. The Morgan fingerprint density at radius 1 is 1.24 bits per heavy atom. The van der Waals surface area contributed by atoms with Gasteiger partial charge in [-0.15, -0.1) is 6.42 Å². The first-order valence-corrected chi connectivity index (χ1v) is 8.51. The lowest BCUT2D eigenvalue weighted by Crippen LogP contribution is -2.32. The Kier molecular flexibility index (Phi) is 4.04. The summed E-state index contributed by atoms with van der Waals surface area (Å²) in [5.41, 5.74) is 3.17. The molecule has 1 aromatic heterocycles. The number of thioether (sulfide) groups is 1. The van der Waals surface area contributed by atoms with Gasteiger partial charge in [-0.25, -0.2) is 0 Å². The van der Waals surface area contributed by atoms with Gasteiger partial charge in [0, 0.05) is 36.3 Å². The van der Waals surface area contributed by atoms with Gasteiger partial charge in [-0.05, 0) is 30.0 Å². The number of ketones is 1. The van der Waals surface area contributed by atoms with Gasteiger partial charge >= 0.3 is 0 Å². The molecule has 0 bridgehead atoms. The maximum atomic E-state index is 12.0. The van der Waals surface area contributed by atoms with E-state index in [4.69, 9.17) is 6.42 Å². The lowest BCUT2D eigenvalue weighted by molar-refractivity contribution is -0.114. The lowest BCUT2D eigenvalue weighted by atomic mass is 10.1. The SMILES string of the molecule is C#CCN(C1=NCC2=C(N=CCC2=O)S1)c1ccc2nccnc2c1. The zero-order valence-electron chi connectivity index (χ0n) is 13.2. The van der Waals surface area contributed by atoms with Crippen LogP contribution in [0.15, 0.2) is 51.2 Å². The number of hydrogen-bond donors (Lipinski definition) is 0. The molecule has 6 nitrogen and oxygen atoms in total. The number of terminal acetylenes is 1. The molecule has 2 aromatic rings. The molecule has 0 fully saturated rings. The molecule has 2 aliphatic heterocycles. The number of amidine groups is 1. The molecule has 0 atom stereocenters. The van der Waals surface area contributed by atoms with E-state index in [0.717, 1.165) is 21.9 Å². The Labute approximate surface area is 148 Å². The smallest absolute Gasteiger partial charge is 0.171 e. The number of carbonyl (C=O) groups is 1. The third-order valence-corrected chi connectivity index (χ3v) is 4.96. The summed E-state index contributed by atoms with van der Waals surface area (Å²) in [6, 6.07) is 5.78. The van der Waals surface area contributed by atoms with Crippen LogP contribution in [0, 0.1) is 12.3 Å². The third-order valence-electron chi connectivity index (χ3n) is 3.89. The van der Waals surface area contributed by atoms with Gasteiger partial charge in [0.2, 0.25) is 0 Å². The monoisotopic (exact) mass is 347 g/mol. The van der Waals surface area contributed by atoms with Crippen LogP contribution >= 0.6 is 11.8 Å². The van der Waals surface area contributed by atoms with Crippen LogP contribution in [-0.2, 0) is 4.79 Å². The van der Waals surface area contributed by atoms with Crippen LogP contribution in [0.3, 0.4) is 0 Å². The summed E-state index contributed by atoms with van der Waals surface area (Å²) < 4.78 is 0. The van der Waals surface area contributed by atoms with E-state index in [0.29, 0.717) is 30.1 Å². The molecule has 0 saturated carbocycles. The summed E-state index contributed by atoms with van der Waals surface area (Å²) in [6.45, 7) is 0.695. The van der Waals surface area contributed by atoms with Crippen LogP contribution in [0.4, 0.5) is 5.69 Å². The van der Waals surface area contributed by atoms with Crippen LogP contribution in [-0.4, -0.2) is 40.2 Å². The highest BCUT2D eigenvalue weighted by molar-refractivity contribution is 8.17. The van der Waals surface area contributed by atoms with Crippen molar-refractivity contribution >= 4 is 45.6 Å². The van der Waals surface area contributed by atoms with Gasteiger partial charge in [0.1, 0.15) is 5.03 Å². The highest BCUT2D eigenvalue weighted by Gasteiger charge is 2.26. The van der Waals surface area contributed by atoms with Gasteiger partial charge < -0.3 is 4.90 Å². The molecular weight excluding hydrogens is 334 g/mol. The maximum absolute atomic E-state index is 12.0. The zero-order chi connectivity index (χ0) is 17.2. The number of nitrogens with zero attached hydrogens (tertiary/aromatic N) is 5. The third kappa shape index (κ3) is 2.92. The molecule has 0 aliphatic carbocycles. The molecule has 0 spiro atoms. The molecular formula is C18H13N5OS. The minimum absolute atomic E-state index is 0.0878. The van der Waals surface area contributed by atoms with Crippen molar-refractivity contribution in [3.05, 3.63) is 41.2 Å². The maximum Gasteiger partial charge on any atom is 0.171 e. The predicted octanol–water partition coefficient (Wildman–Crippen LogP) is 2.43. The molecule has 0 N–H and O–H groups in total. The highest BCUT2D eigenvalue weighted by atomic mass is 32.2. The Balaban J connectivity index is 1.69. The fourth-order valence-corrected chi connectivity index (χ4v) is 3.67. The van der Waals surface area contributed by atoms with Crippen molar-refractivity contribution < 1.29 is 4.79 Å². The number of anilines is 1. The summed E-state index contributed by atoms with van der Waals surface area (Å²) in [6.07, 6.45) is 10.9. The van der Waals surface area contributed by atoms with Gasteiger partial charge in [-0.2, -0.15) is 0 Å². The molecule has 4 rings (SSSR count). The van der Waals surface area contributed by atoms with Gasteiger partial charge in [0.15, 0.2) is 11.0 Å². The van der Waals surface area contributed by atoms with Gasteiger partial charge in [-0.1, -0.05) is 5.92 Å². The van der Waals surface area contributed by atoms with E-state index in [1.165, 1.54) is 11.8 Å². The molecule has 2 aliphatic rings. The second kappa shape index (κ2) is 6.49. The normalized spacial score (nSPS) is 16.4. The summed E-state index contributed by atoms with van der Waals surface area (Å²) in [5, 5.41) is 1.44. The average Bonchev–Trinajstić information content (AvgIpc) is 2.66. The zero-order valence-corrected chi connectivity index (χ0v) is 14.0. The molecule has 0 radical (unpaired) electrons. The minimum atomic E-state index is 0.0878. The number of aromatic nitrogens is 2. The molecule has 122 valence electrons. The van der Waals surface area contributed by atoms with E-state index in [1.54, 1.807) is 18.6 Å². The second-order valence-corrected chi connectivity index (χ2v) is 6.40. The molecule has 3 heterocycles. The largest absolute Gasteiger partial charge is 0.309 e. The van der Waals surface area contributed by atoms with Crippen molar-refractivity contribution in [1.82, 2.24) is 9.97 Å². The van der Waals surface area contributed by atoms with Crippen molar-refractivity contribution in [2.75, 3.05) is 18.0 Å². The van der Waals surface area contributed by atoms with Crippen LogP contribution in [0.25, 0.3) is 11.0 Å². The first-order valence-electron chi connectivity index (χ1n) is 7.69. The minimum Gasteiger partial charge on any atom is -0.309 e. The van der Waals surface area contributed by atoms with Gasteiger partial charge in [-0.3, -0.25) is 24.7 Å². The predicted molar refractivity (Wildman–Crippen MR) is 101 cm³/mol. The van der Waals surface area contributed by atoms with Crippen molar-refractivity contribution in [3.8, 4) is 12.3 Å².